The molecule has 10 aromatic rings. The van der Waals surface area contributed by atoms with Crippen LogP contribution in [0, 0.1) is 47.5 Å². The lowest BCUT2D eigenvalue weighted by atomic mass is 9.87. The number of allylic oxidation sites excluding steroid dienone is 4. The average Bonchev–Trinajstić information content (AvgIpc) is 3.36. The van der Waals surface area contributed by atoms with Crippen molar-refractivity contribution in [3.8, 4) is 22.3 Å². The summed E-state index contributed by atoms with van der Waals surface area (Å²) in [7, 11) is 0. The number of anilines is 3. The van der Waals surface area contributed by atoms with E-state index >= 15 is 0 Å². The largest absolute Gasteiger partial charge is 0.310 e. The van der Waals surface area contributed by atoms with Crippen LogP contribution in [0.4, 0.5) is 17.1 Å². The summed E-state index contributed by atoms with van der Waals surface area (Å²) in [5.41, 5.74) is 18.8. The quantitative estimate of drug-likeness (QED) is 0.144. The highest BCUT2D eigenvalue weighted by Crippen LogP contribution is 2.47. The zero-order valence-corrected chi connectivity index (χ0v) is 41.0. The van der Waals surface area contributed by atoms with E-state index in [-0.39, 0.29) is 0 Å². The lowest BCUT2D eigenvalue weighted by Gasteiger charge is -2.32. The van der Waals surface area contributed by atoms with Crippen LogP contribution >= 0.6 is 0 Å². The van der Waals surface area contributed by atoms with E-state index in [9.17, 15) is 0 Å². The maximum atomic E-state index is 2.57. The molecule has 0 amide bonds. The summed E-state index contributed by atoms with van der Waals surface area (Å²) in [5, 5.41) is 12.8. The predicted molar refractivity (Wildman–Crippen MR) is 300 cm³/mol. The molecule has 0 saturated carbocycles. The van der Waals surface area contributed by atoms with Crippen LogP contribution in [0.15, 0.2) is 194 Å². The molecule has 0 aromatic heterocycles. The van der Waals surface area contributed by atoms with E-state index in [1.807, 2.05) is 0 Å². The molecule has 11 rings (SSSR count). The van der Waals surface area contributed by atoms with E-state index in [1.165, 1.54) is 137 Å². The predicted octanol–water partition coefficient (Wildman–Crippen LogP) is 17.5. The Balaban J connectivity index is 1.15. The minimum Gasteiger partial charge on any atom is -0.310 e. The van der Waals surface area contributed by atoms with Crippen molar-refractivity contribution >= 4 is 71.8 Å². The third kappa shape index (κ3) is 7.87. The van der Waals surface area contributed by atoms with Gasteiger partial charge in [-0.1, -0.05) is 159 Å². The summed E-state index contributed by atoms with van der Waals surface area (Å²) >= 11 is 0. The zero-order chi connectivity index (χ0) is 47.3. The third-order valence-corrected chi connectivity index (χ3v) is 14.8. The van der Waals surface area contributed by atoms with Gasteiger partial charge >= 0.3 is 0 Å². The Morgan fingerprint density at radius 3 is 1.29 bits per heavy atom. The Morgan fingerprint density at radius 2 is 0.826 bits per heavy atom. The minimum atomic E-state index is 0.378. The molecule has 69 heavy (non-hydrogen) atoms. The standard InChI is InChI=1S/C68H59N/c1-8-49-22-10-9-11-33-60(55-28-17-12-23-50(55)40-49)61-34-46(5)64(37-43(61)2)69(65-38-44(3)62(35-47(65)6)67-56-29-18-13-24-51(56)41-52-25-14-19-30-57(52)67)66-39-45(4)63(36-48(66)7)68-58-31-20-15-26-53(58)42-54-27-16-21-32-59(54)68/h9-32,34-42,49H,8,33H2,1-7H3/b11-9-,22-10-,50-40-,60-55+. The minimum absolute atomic E-state index is 0.378. The molecule has 0 saturated heterocycles. The maximum Gasteiger partial charge on any atom is 0.0494 e. The summed E-state index contributed by atoms with van der Waals surface area (Å²) in [6.07, 6.45) is 13.5. The summed E-state index contributed by atoms with van der Waals surface area (Å²) in [6, 6.07) is 63.8. The molecule has 0 heterocycles. The number of aryl methyl sites for hydroxylation is 6. The van der Waals surface area contributed by atoms with Gasteiger partial charge in [0.25, 0.3) is 0 Å². The van der Waals surface area contributed by atoms with E-state index in [4.69, 9.17) is 0 Å². The van der Waals surface area contributed by atoms with E-state index in [0.717, 1.165) is 12.8 Å². The van der Waals surface area contributed by atoms with Gasteiger partial charge in [-0.25, -0.2) is 0 Å². The van der Waals surface area contributed by atoms with Crippen molar-refractivity contribution in [1.82, 2.24) is 0 Å². The van der Waals surface area contributed by atoms with Crippen LogP contribution < -0.4 is 15.3 Å². The fourth-order valence-corrected chi connectivity index (χ4v) is 11.3. The molecule has 0 fully saturated rings. The van der Waals surface area contributed by atoms with Crippen LogP contribution in [0.5, 0.6) is 0 Å². The number of rotatable bonds is 7. The molecule has 1 unspecified atom stereocenters. The number of benzene rings is 10. The maximum absolute atomic E-state index is 2.57. The molecule has 1 nitrogen and oxygen atoms in total. The van der Waals surface area contributed by atoms with Gasteiger partial charge < -0.3 is 4.90 Å². The van der Waals surface area contributed by atoms with Crippen molar-refractivity contribution in [2.45, 2.75) is 61.3 Å². The van der Waals surface area contributed by atoms with E-state index in [1.54, 1.807) is 0 Å². The topological polar surface area (TPSA) is 3.24 Å². The van der Waals surface area contributed by atoms with Gasteiger partial charge in [-0.05, 0) is 229 Å². The van der Waals surface area contributed by atoms with Crippen molar-refractivity contribution in [2.24, 2.45) is 5.92 Å². The van der Waals surface area contributed by atoms with Gasteiger partial charge in [0.1, 0.15) is 0 Å². The highest BCUT2D eigenvalue weighted by Gasteiger charge is 2.25. The SMILES string of the molecule is CCC1/C=C\C=C/C/C(c2cc(C)c(N(c3cc(C)c(-c4c5ccccc5cc5ccccc45)cc3C)c3cc(C)c(-c4c5ccccc5cc5ccccc45)cc3C)cc2C)=c2/cccc/c2=C/1. The van der Waals surface area contributed by atoms with E-state index < -0.39 is 0 Å². The molecular weight excluding hydrogens is 831 g/mol. The summed E-state index contributed by atoms with van der Waals surface area (Å²) in [5.74, 6) is 0.378. The van der Waals surface area contributed by atoms with E-state index in [2.05, 4.69) is 254 Å². The summed E-state index contributed by atoms with van der Waals surface area (Å²) in [4.78, 5) is 2.57. The Morgan fingerprint density at radius 1 is 0.420 bits per heavy atom. The second-order valence-corrected chi connectivity index (χ2v) is 19.4. The fourth-order valence-electron chi connectivity index (χ4n) is 11.3. The molecule has 0 N–H and O–H groups in total. The molecule has 0 bridgehead atoms. The molecule has 0 spiro atoms. The van der Waals surface area contributed by atoms with Crippen LogP contribution in [0.3, 0.4) is 0 Å². The Kier molecular flexibility index (Phi) is 11.5. The first-order chi connectivity index (χ1) is 33.7. The highest BCUT2D eigenvalue weighted by molar-refractivity contribution is 6.14. The Hall–Kier alpha value is -7.74. The number of hydrogen-bond acceptors (Lipinski definition) is 1. The monoisotopic (exact) mass is 889 g/mol. The van der Waals surface area contributed by atoms with Gasteiger partial charge in [-0.3, -0.25) is 0 Å². The zero-order valence-electron chi connectivity index (χ0n) is 41.0. The molecule has 336 valence electrons. The second-order valence-electron chi connectivity index (χ2n) is 19.4. The molecule has 1 heteroatoms. The van der Waals surface area contributed by atoms with Crippen molar-refractivity contribution in [2.75, 3.05) is 4.90 Å². The summed E-state index contributed by atoms with van der Waals surface area (Å²) < 4.78 is 0. The van der Waals surface area contributed by atoms with E-state index in [0.29, 0.717) is 5.92 Å². The lowest BCUT2D eigenvalue weighted by Crippen LogP contribution is -2.28. The van der Waals surface area contributed by atoms with Crippen molar-refractivity contribution in [1.29, 1.82) is 0 Å². The van der Waals surface area contributed by atoms with Crippen LogP contribution in [0.25, 0.3) is 77.0 Å². The number of fused-ring (bicyclic) bond motifs is 5. The molecular formula is C68H59N. The summed E-state index contributed by atoms with van der Waals surface area (Å²) in [6.45, 7) is 16.1. The first-order valence-electron chi connectivity index (χ1n) is 24.8. The third-order valence-electron chi connectivity index (χ3n) is 14.8. The smallest absolute Gasteiger partial charge is 0.0494 e. The van der Waals surface area contributed by atoms with Gasteiger partial charge in [-0.2, -0.15) is 0 Å². The van der Waals surface area contributed by atoms with Crippen LogP contribution in [0.1, 0.15) is 58.7 Å². The molecule has 0 radical (unpaired) electrons. The molecule has 10 aromatic carbocycles. The van der Waals surface area contributed by atoms with Crippen molar-refractivity contribution in [3.05, 3.63) is 244 Å². The van der Waals surface area contributed by atoms with Gasteiger partial charge in [0.05, 0.1) is 0 Å². The molecule has 1 aliphatic carbocycles. The number of hydrogen-bond donors (Lipinski definition) is 0. The van der Waals surface area contributed by atoms with Crippen molar-refractivity contribution in [3.63, 3.8) is 0 Å². The second kappa shape index (κ2) is 18.1. The average molecular weight is 890 g/mol. The fraction of sp³-hybridized carbons (Fsp3) is 0.147. The van der Waals surface area contributed by atoms with Gasteiger partial charge in [-0.15, -0.1) is 0 Å². The van der Waals surface area contributed by atoms with Gasteiger partial charge in [0.15, 0.2) is 0 Å². The van der Waals surface area contributed by atoms with Crippen LogP contribution in [-0.2, 0) is 0 Å². The van der Waals surface area contributed by atoms with Gasteiger partial charge in [0, 0.05) is 17.1 Å². The normalized spacial score (nSPS) is 16.0. The first kappa shape index (κ1) is 43.8. The molecule has 1 aliphatic rings. The van der Waals surface area contributed by atoms with Gasteiger partial charge in [0.2, 0.25) is 0 Å². The lowest BCUT2D eigenvalue weighted by molar-refractivity contribution is 0.811. The molecule has 1 atom stereocenters. The molecule has 0 aliphatic heterocycles. The van der Waals surface area contributed by atoms with Crippen LogP contribution in [-0.4, -0.2) is 0 Å². The van der Waals surface area contributed by atoms with Crippen LogP contribution in [0.2, 0.25) is 0 Å². The highest BCUT2D eigenvalue weighted by atomic mass is 15.1. The Bertz CT molecular complexity index is 3600. The number of nitrogens with zero attached hydrogens (tertiary/aromatic N) is 1. The first-order valence-corrected chi connectivity index (χ1v) is 24.8. The van der Waals surface area contributed by atoms with Crippen molar-refractivity contribution < 1.29 is 0 Å². The Labute approximate surface area is 407 Å².